The third kappa shape index (κ3) is 5.04. The molecule has 0 bridgehead atoms. The Labute approximate surface area is 161 Å². The zero-order valence-electron chi connectivity index (χ0n) is 14.9. The molecule has 3 aromatic rings. The molecule has 27 heavy (non-hydrogen) atoms. The molecule has 0 aliphatic heterocycles. The number of aryl methyl sites for hydroxylation is 1. The molecule has 2 heterocycles. The van der Waals surface area contributed by atoms with E-state index in [-0.39, 0.29) is 12.3 Å². The summed E-state index contributed by atoms with van der Waals surface area (Å²) < 4.78 is 5.57. The zero-order chi connectivity index (χ0) is 19.2. The van der Waals surface area contributed by atoms with Gasteiger partial charge in [0.15, 0.2) is 10.8 Å². The predicted molar refractivity (Wildman–Crippen MR) is 103 cm³/mol. The second kappa shape index (κ2) is 8.64. The fraction of sp³-hybridized carbons (Fsp3) is 0.250. The van der Waals surface area contributed by atoms with E-state index in [9.17, 15) is 9.59 Å². The molecule has 1 N–H and O–H groups in total. The highest BCUT2D eigenvalue weighted by atomic mass is 32.1. The number of hydrogen-bond acceptors (Lipinski definition) is 5. The third-order valence-corrected chi connectivity index (χ3v) is 4.85. The molecule has 0 fully saturated rings. The molecule has 140 valence electrons. The first-order valence-electron chi connectivity index (χ1n) is 8.60. The second-order valence-electron chi connectivity index (χ2n) is 6.16. The standard InChI is InChI=1S/C20H20N2O4S/c1-14-9-10-17(26-14)19-21-16(13-27-19)20(25)22(11-5-8-18(23)24)12-15-6-3-2-4-7-15/h2-4,6-7,9-10,13H,5,8,11-12H2,1H3,(H,23,24). The van der Waals surface area contributed by atoms with Gasteiger partial charge in [0.1, 0.15) is 11.5 Å². The summed E-state index contributed by atoms with van der Waals surface area (Å²) in [6.45, 7) is 2.62. The van der Waals surface area contributed by atoms with Gasteiger partial charge in [0, 0.05) is 24.9 Å². The number of hydrogen-bond donors (Lipinski definition) is 1. The quantitative estimate of drug-likeness (QED) is 0.629. The lowest BCUT2D eigenvalue weighted by Gasteiger charge is -2.21. The van der Waals surface area contributed by atoms with Gasteiger partial charge in [0.25, 0.3) is 5.91 Å². The summed E-state index contributed by atoms with van der Waals surface area (Å²) >= 11 is 1.35. The van der Waals surface area contributed by atoms with E-state index in [1.54, 1.807) is 10.3 Å². The molecule has 2 aromatic heterocycles. The second-order valence-corrected chi connectivity index (χ2v) is 7.02. The highest BCUT2D eigenvalue weighted by Gasteiger charge is 2.20. The Morgan fingerprint density at radius 1 is 1.19 bits per heavy atom. The third-order valence-electron chi connectivity index (χ3n) is 4.00. The number of nitrogens with zero attached hydrogens (tertiary/aromatic N) is 2. The highest BCUT2D eigenvalue weighted by molar-refractivity contribution is 7.13. The molecule has 7 heteroatoms. The molecule has 0 saturated heterocycles. The van der Waals surface area contributed by atoms with Gasteiger partial charge in [-0.3, -0.25) is 9.59 Å². The Kier molecular flexibility index (Phi) is 6.03. The number of benzene rings is 1. The SMILES string of the molecule is Cc1ccc(-c2nc(C(=O)N(CCCC(=O)O)Cc3ccccc3)cs2)o1. The van der Waals surface area contributed by atoms with Gasteiger partial charge >= 0.3 is 5.97 Å². The molecule has 0 unspecified atom stereocenters. The Morgan fingerprint density at radius 2 is 1.96 bits per heavy atom. The molecular formula is C20H20N2O4S. The minimum absolute atomic E-state index is 0.0204. The lowest BCUT2D eigenvalue weighted by Crippen LogP contribution is -2.32. The fourth-order valence-electron chi connectivity index (χ4n) is 2.67. The van der Waals surface area contributed by atoms with Crippen LogP contribution in [0.15, 0.2) is 52.3 Å². The molecule has 0 saturated carbocycles. The summed E-state index contributed by atoms with van der Waals surface area (Å²) in [4.78, 5) is 29.8. The lowest BCUT2D eigenvalue weighted by molar-refractivity contribution is -0.137. The molecular weight excluding hydrogens is 364 g/mol. The number of furan rings is 1. The van der Waals surface area contributed by atoms with Crippen molar-refractivity contribution < 1.29 is 19.1 Å². The zero-order valence-corrected chi connectivity index (χ0v) is 15.7. The van der Waals surface area contributed by atoms with Crippen molar-refractivity contribution in [2.24, 2.45) is 0 Å². The van der Waals surface area contributed by atoms with Gasteiger partial charge in [-0.25, -0.2) is 4.98 Å². The minimum atomic E-state index is -0.869. The molecule has 1 aromatic carbocycles. The first-order valence-corrected chi connectivity index (χ1v) is 9.48. The van der Waals surface area contributed by atoms with Crippen molar-refractivity contribution in [3.63, 3.8) is 0 Å². The van der Waals surface area contributed by atoms with Crippen LogP contribution in [0.2, 0.25) is 0 Å². The van der Waals surface area contributed by atoms with E-state index in [0.29, 0.717) is 36.0 Å². The van der Waals surface area contributed by atoms with Crippen molar-refractivity contribution in [1.82, 2.24) is 9.88 Å². The number of carbonyl (C=O) groups excluding carboxylic acids is 1. The average molecular weight is 384 g/mol. The summed E-state index contributed by atoms with van der Waals surface area (Å²) in [6, 6.07) is 13.3. The van der Waals surface area contributed by atoms with Gasteiger partial charge in [0.2, 0.25) is 0 Å². The van der Waals surface area contributed by atoms with Crippen LogP contribution in [0.3, 0.4) is 0 Å². The average Bonchev–Trinajstić information content (AvgIpc) is 3.30. The minimum Gasteiger partial charge on any atom is -0.481 e. The van der Waals surface area contributed by atoms with Gasteiger partial charge in [-0.15, -0.1) is 11.3 Å². The number of rotatable bonds is 8. The van der Waals surface area contributed by atoms with Crippen LogP contribution in [-0.4, -0.2) is 33.4 Å². The van der Waals surface area contributed by atoms with Crippen LogP contribution in [-0.2, 0) is 11.3 Å². The van der Waals surface area contributed by atoms with E-state index in [1.807, 2.05) is 49.4 Å². The summed E-state index contributed by atoms with van der Waals surface area (Å²) in [5, 5.41) is 11.2. The van der Waals surface area contributed by atoms with Crippen molar-refractivity contribution in [3.05, 3.63) is 64.9 Å². The summed E-state index contributed by atoms with van der Waals surface area (Å²) in [7, 11) is 0. The largest absolute Gasteiger partial charge is 0.481 e. The maximum Gasteiger partial charge on any atom is 0.303 e. The smallest absolute Gasteiger partial charge is 0.303 e. The van der Waals surface area contributed by atoms with E-state index in [1.165, 1.54) is 11.3 Å². The van der Waals surface area contributed by atoms with Crippen LogP contribution >= 0.6 is 11.3 Å². The molecule has 0 spiro atoms. The normalized spacial score (nSPS) is 10.7. The number of carboxylic acids is 1. The number of carboxylic acid groups (broad SMARTS) is 1. The van der Waals surface area contributed by atoms with Gasteiger partial charge in [0.05, 0.1) is 0 Å². The number of carbonyl (C=O) groups is 2. The monoisotopic (exact) mass is 384 g/mol. The fourth-order valence-corrected chi connectivity index (χ4v) is 3.43. The van der Waals surface area contributed by atoms with E-state index in [0.717, 1.165) is 11.3 Å². The number of amides is 1. The van der Waals surface area contributed by atoms with Gasteiger partial charge in [-0.1, -0.05) is 30.3 Å². The van der Waals surface area contributed by atoms with E-state index >= 15 is 0 Å². The van der Waals surface area contributed by atoms with Crippen molar-refractivity contribution in [3.8, 4) is 10.8 Å². The molecule has 0 aliphatic rings. The van der Waals surface area contributed by atoms with Crippen LogP contribution in [0.5, 0.6) is 0 Å². The van der Waals surface area contributed by atoms with Gasteiger partial charge < -0.3 is 14.4 Å². The topological polar surface area (TPSA) is 83.6 Å². The van der Waals surface area contributed by atoms with E-state index < -0.39 is 5.97 Å². The maximum absolute atomic E-state index is 13.0. The van der Waals surface area contributed by atoms with Crippen molar-refractivity contribution in [2.45, 2.75) is 26.3 Å². The molecule has 6 nitrogen and oxygen atoms in total. The van der Waals surface area contributed by atoms with Crippen molar-refractivity contribution >= 4 is 23.2 Å². The summed E-state index contributed by atoms with van der Waals surface area (Å²) in [5.74, 6) is 0.339. The first-order chi connectivity index (χ1) is 13.0. The number of aromatic nitrogens is 1. The molecule has 0 aliphatic carbocycles. The summed E-state index contributed by atoms with van der Waals surface area (Å²) in [6.07, 6.45) is 0.412. The van der Waals surface area contributed by atoms with E-state index in [2.05, 4.69) is 4.98 Å². The number of aliphatic carboxylic acids is 1. The molecule has 0 atom stereocenters. The Morgan fingerprint density at radius 3 is 2.63 bits per heavy atom. The Hall–Kier alpha value is -2.93. The van der Waals surface area contributed by atoms with Crippen molar-refractivity contribution in [1.29, 1.82) is 0 Å². The predicted octanol–water partition coefficient (Wildman–Crippen LogP) is 4.22. The van der Waals surface area contributed by atoms with E-state index in [4.69, 9.17) is 9.52 Å². The van der Waals surface area contributed by atoms with Crippen LogP contribution in [0.1, 0.15) is 34.7 Å². The van der Waals surface area contributed by atoms with Crippen molar-refractivity contribution in [2.75, 3.05) is 6.54 Å². The highest BCUT2D eigenvalue weighted by Crippen LogP contribution is 2.26. The lowest BCUT2D eigenvalue weighted by atomic mass is 10.2. The van der Waals surface area contributed by atoms with Gasteiger partial charge in [-0.2, -0.15) is 0 Å². The summed E-state index contributed by atoms with van der Waals surface area (Å²) in [5.41, 5.74) is 1.33. The molecule has 3 rings (SSSR count). The first kappa shape index (κ1) is 18.8. The Balaban J connectivity index is 1.77. The maximum atomic E-state index is 13.0. The van der Waals surface area contributed by atoms with Crippen LogP contribution < -0.4 is 0 Å². The van der Waals surface area contributed by atoms with Crippen LogP contribution in [0, 0.1) is 6.92 Å². The van der Waals surface area contributed by atoms with Gasteiger partial charge in [-0.05, 0) is 31.0 Å². The Bertz CT molecular complexity index is 917. The van der Waals surface area contributed by atoms with Crippen LogP contribution in [0.4, 0.5) is 0 Å². The molecule has 1 amide bonds. The number of thiazole rings is 1. The van der Waals surface area contributed by atoms with Crippen LogP contribution in [0.25, 0.3) is 10.8 Å². The molecule has 0 radical (unpaired) electrons.